The van der Waals surface area contributed by atoms with Crippen LogP contribution in [0.3, 0.4) is 0 Å². The summed E-state index contributed by atoms with van der Waals surface area (Å²) in [4.78, 5) is 14.7. The SMILES string of the molecule is NC1CC[C@@H]2CN(C(=O)c3cc(Br)ccc3Br)C[C@@H]2C1. The third-order valence-corrected chi connectivity index (χ3v) is 5.72. The first kappa shape index (κ1) is 14.5. The van der Waals surface area contributed by atoms with Gasteiger partial charge in [-0.15, -0.1) is 0 Å². The lowest BCUT2D eigenvalue weighted by Gasteiger charge is -2.27. The van der Waals surface area contributed by atoms with Gasteiger partial charge in [0.15, 0.2) is 0 Å². The number of nitrogens with two attached hydrogens (primary N) is 1. The average Bonchev–Trinajstić information content (AvgIpc) is 2.83. The molecule has 1 aromatic rings. The molecule has 2 fully saturated rings. The van der Waals surface area contributed by atoms with Crippen molar-refractivity contribution in [1.82, 2.24) is 4.90 Å². The number of amides is 1. The van der Waals surface area contributed by atoms with Crippen molar-refractivity contribution in [3.8, 4) is 0 Å². The molecule has 0 spiro atoms. The molecule has 0 bridgehead atoms. The first-order valence-electron chi connectivity index (χ1n) is 7.04. The molecule has 1 unspecified atom stereocenters. The predicted molar refractivity (Wildman–Crippen MR) is 86.6 cm³/mol. The van der Waals surface area contributed by atoms with Gasteiger partial charge in [-0.1, -0.05) is 15.9 Å². The molecule has 2 aliphatic rings. The summed E-state index contributed by atoms with van der Waals surface area (Å²) in [7, 11) is 0. The Labute approximate surface area is 136 Å². The highest BCUT2D eigenvalue weighted by molar-refractivity contribution is 9.11. The Morgan fingerprint density at radius 1 is 1.20 bits per heavy atom. The van der Waals surface area contributed by atoms with Gasteiger partial charge in [0.25, 0.3) is 5.91 Å². The summed E-state index contributed by atoms with van der Waals surface area (Å²) in [5.41, 5.74) is 6.79. The number of likely N-dealkylation sites (tertiary alicyclic amines) is 1. The van der Waals surface area contributed by atoms with Crippen LogP contribution < -0.4 is 5.73 Å². The number of fused-ring (bicyclic) bond motifs is 1. The molecule has 20 heavy (non-hydrogen) atoms. The van der Waals surface area contributed by atoms with Gasteiger partial charge < -0.3 is 10.6 Å². The molecule has 1 aliphatic heterocycles. The molecule has 5 heteroatoms. The second-order valence-corrected chi connectivity index (χ2v) is 7.70. The van der Waals surface area contributed by atoms with E-state index in [1.165, 1.54) is 0 Å². The maximum absolute atomic E-state index is 12.7. The zero-order chi connectivity index (χ0) is 14.3. The molecular weight excluding hydrogens is 384 g/mol. The lowest BCUT2D eigenvalue weighted by atomic mass is 9.79. The van der Waals surface area contributed by atoms with Gasteiger partial charge in [-0.2, -0.15) is 0 Å². The molecule has 108 valence electrons. The average molecular weight is 402 g/mol. The largest absolute Gasteiger partial charge is 0.338 e. The van der Waals surface area contributed by atoms with Crippen LogP contribution in [0.15, 0.2) is 27.1 Å². The van der Waals surface area contributed by atoms with E-state index in [0.717, 1.165) is 46.9 Å². The molecule has 1 heterocycles. The minimum Gasteiger partial charge on any atom is -0.338 e. The molecular formula is C15H18Br2N2O. The first-order chi connectivity index (χ1) is 9.54. The van der Waals surface area contributed by atoms with Crippen molar-refractivity contribution in [3.63, 3.8) is 0 Å². The molecule has 1 amide bonds. The zero-order valence-electron chi connectivity index (χ0n) is 11.2. The molecule has 1 aromatic carbocycles. The highest BCUT2D eigenvalue weighted by Gasteiger charge is 2.38. The van der Waals surface area contributed by atoms with E-state index in [1.807, 2.05) is 23.1 Å². The van der Waals surface area contributed by atoms with Gasteiger partial charge in [-0.3, -0.25) is 4.79 Å². The van der Waals surface area contributed by atoms with Crippen molar-refractivity contribution in [3.05, 3.63) is 32.7 Å². The van der Waals surface area contributed by atoms with E-state index in [0.29, 0.717) is 17.9 Å². The summed E-state index contributed by atoms with van der Waals surface area (Å²) >= 11 is 6.91. The van der Waals surface area contributed by atoms with Crippen LogP contribution in [0.1, 0.15) is 29.6 Å². The Morgan fingerprint density at radius 3 is 2.75 bits per heavy atom. The normalized spacial score (nSPS) is 29.4. The van der Waals surface area contributed by atoms with Gasteiger partial charge >= 0.3 is 0 Å². The first-order valence-corrected chi connectivity index (χ1v) is 8.63. The van der Waals surface area contributed by atoms with E-state index in [-0.39, 0.29) is 5.91 Å². The van der Waals surface area contributed by atoms with Crippen LogP contribution >= 0.6 is 31.9 Å². The molecule has 0 aromatic heterocycles. The fourth-order valence-electron chi connectivity index (χ4n) is 3.47. The predicted octanol–water partition coefficient (Wildman–Crippen LogP) is 3.41. The Kier molecular flexibility index (Phi) is 4.20. The number of carbonyl (C=O) groups is 1. The maximum atomic E-state index is 12.7. The summed E-state index contributed by atoms with van der Waals surface area (Å²) in [5, 5.41) is 0. The fraction of sp³-hybridized carbons (Fsp3) is 0.533. The van der Waals surface area contributed by atoms with Crippen molar-refractivity contribution >= 4 is 37.8 Å². The van der Waals surface area contributed by atoms with Crippen molar-refractivity contribution in [2.45, 2.75) is 25.3 Å². The second kappa shape index (κ2) is 5.78. The van der Waals surface area contributed by atoms with Gasteiger partial charge in [0.05, 0.1) is 5.56 Å². The number of carbonyl (C=O) groups excluding carboxylic acids is 1. The maximum Gasteiger partial charge on any atom is 0.255 e. The van der Waals surface area contributed by atoms with Crippen LogP contribution in [-0.2, 0) is 0 Å². The van der Waals surface area contributed by atoms with E-state index in [1.54, 1.807) is 0 Å². The topological polar surface area (TPSA) is 46.3 Å². The molecule has 3 nitrogen and oxygen atoms in total. The smallest absolute Gasteiger partial charge is 0.255 e. The Hall–Kier alpha value is -0.390. The van der Waals surface area contributed by atoms with Gasteiger partial charge in [0.2, 0.25) is 0 Å². The molecule has 3 atom stereocenters. The molecule has 3 rings (SSSR count). The van der Waals surface area contributed by atoms with E-state index in [4.69, 9.17) is 5.73 Å². The van der Waals surface area contributed by atoms with E-state index >= 15 is 0 Å². The molecule has 1 saturated heterocycles. The van der Waals surface area contributed by atoms with Crippen LogP contribution in [0.4, 0.5) is 0 Å². The van der Waals surface area contributed by atoms with Crippen LogP contribution in [0.25, 0.3) is 0 Å². The van der Waals surface area contributed by atoms with Crippen LogP contribution in [-0.4, -0.2) is 29.9 Å². The van der Waals surface area contributed by atoms with Crippen molar-refractivity contribution < 1.29 is 4.79 Å². The minimum atomic E-state index is 0.126. The Morgan fingerprint density at radius 2 is 1.95 bits per heavy atom. The Bertz CT molecular complexity index is 535. The lowest BCUT2D eigenvalue weighted by molar-refractivity contribution is 0.0783. The van der Waals surface area contributed by atoms with Crippen LogP contribution in [0.2, 0.25) is 0 Å². The lowest BCUT2D eigenvalue weighted by Crippen LogP contribution is -2.32. The minimum absolute atomic E-state index is 0.126. The highest BCUT2D eigenvalue weighted by Crippen LogP contribution is 2.36. The summed E-state index contributed by atoms with van der Waals surface area (Å²) in [6.45, 7) is 1.74. The van der Waals surface area contributed by atoms with Crippen molar-refractivity contribution in [2.24, 2.45) is 17.6 Å². The number of hydrogen-bond acceptors (Lipinski definition) is 2. The third kappa shape index (κ3) is 2.81. The van der Waals surface area contributed by atoms with Crippen molar-refractivity contribution in [1.29, 1.82) is 0 Å². The fourth-order valence-corrected chi connectivity index (χ4v) is 4.24. The number of rotatable bonds is 1. The van der Waals surface area contributed by atoms with Gasteiger partial charge in [-0.25, -0.2) is 0 Å². The zero-order valence-corrected chi connectivity index (χ0v) is 14.4. The number of nitrogens with zero attached hydrogens (tertiary/aromatic N) is 1. The molecule has 1 saturated carbocycles. The molecule has 2 N–H and O–H groups in total. The van der Waals surface area contributed by atoms with Gasteiger partial charge in [0.1, 0.15) is 0 Å². The number of halogens is 2. The number of benzene rings is 1. The molecule has 1 aliphatic carbocycles. The van der Waals surface area contributed by atoms with Crippen LogP contribution in [0.5, 0.6) is 0 Å². The summed E-state index contributed by atoms with van der Waals surface area (Å²) in [6.07, 6.45) is 3.33. The van der Waals surface area contributed by atoms with E-state index in [9.17, 15) is 4.79 Å². The van der Waals surface area contributed by atoms with Crippen LogP contribution in [0, 0.1) is 11.8 Å². The van der Waals surface area contributed by atoms with Gasteiger partial charge in [-0.05, 0) is 65.2 Å². The van der Waals surface area contributed by atoms with E-state index in [2.05, 4.69) is 31.9 Å². The number of hydrogen-bond donors (Lipinski definition) is 1. The standard InChI is InChI=1S/C15H18Br2N2O/c16-11-2-4-14(17)13(6-11)15(20)19-7-9-1-3-12(18)5-10(9)8-19/h2,4,6,9-10,12H,1,3,5,7-8,18H2/t9-,10+,12?/m1/s1. The summed E-state index contributed by atoms with van der Waals surface area (Å²) in [6, 6.07) is 6.06. The Balaban J connectivity index is 1.77. The second-order valence-electron chi connectivity index (χ2n) is 5.93. The third-order valence-electron chi connectivity index (χ3n) is 4.54. The highest BCUT2D eigenvalue weighted by atomic mass is 79.9. The van der Waals surface area contributed by atoms with Gasteiger partial charge in [0, 0.05) is 28.1 Å². The summed E-state index contributed by atoms with van der Waals surface area (Å²) < 4.78 is 1.79. The monoisotopic (exact) mass is 400 g/mol. The van der Waals surface area contributed by atoms with Crippen molar-refractivity contribution in [2.75, 3.05) is 13.1 Å². The summed E-state index contributed by atoms with van der Waals surface area (Å²) in [5.74, 6) is 1.36. The van der Waals surface area contributed by atoms with E-state index < -0.39 is 0 Å². The molecule has 0 radical (unpaired) electrons. The quantitative estimate of drug-likeness (QED) is 0.783.